The Morgan fingerprint density at radius 1 is 0.946 bits per heavy atom. The van der Waals surface area contributed by atoms with Crippen molar-refractivity contribution in [2.45, 2.75) is 51.9 Å². The van der Waals surface area contributed by atoms with Gasteiger partial charge in [0, 0.05) is 36.3 Å². The van der Waals surface area contributed by atoms with Crippen molar-refractivity contribution in [3.63, 3.8) is 0 Å². The van der Waals surface area contributed by atoms with Crippen LogP contribution in [0.5, 0.6) is 0 Å². The van der Waals surface area contributed by atoms with Gasteiger partial charge in [-0.1, -0.05) is 63.6 Å². The number of benzene rings is 3. The molecule has 0 spiro atoms. The van der Waals surface area contributed by atoms with Gasteiger partial charge >= 0.3 is 0 Å². The van der Waals surface area contributed by atoms with Gasteiger partial charge in [0.2, 0.25) is 0 Å². The van der Waals surface area contributed by atoms with Crippen LogP contribution in [0.15, 0.2) is 78.9 Å². The van der Waals surface area contributed by atoms with Gasteiger partial charge in [0.1, 0.15) is 11.6 Å². The maximum atomic E-state index is 15.4. The third kappa shape index (κ3) is 6.27. The highest BCUT2D eigenvalue weighted by Crippen LogP contribution is 2.62. The minimum Gasteiger partial charge on any atom is -0.378 e. The van der Waals surface area contributed by atoms with Crippen LogP contribution in [0.4, 0.5) is 15.8 Å². The molecule has 3 aromatic carbocycles. The molecule has 1 fully saturated rings. The Bertz CT molecular complexity index is 1200. The second-order valence-corrected chi connectivity index (χ2v) is 13.3. The van der Waals surface area contributed by atoms with E-state index in [9.17, 15) is 0 Å². The molecule has 5 atom stereocenters. The number of halogens is 1. The van der Waals surface area contributed by atoms with Crippen LogP contribution in [-0.4, -0.2) is 20.2 Å². The molecule has 0 aliphatic heterocycles. The van der Waals surface area contributed by atoms with E-state index in [1.54, 1.807) is 18.2 Å². The van der Waals surface area contributed by atoms with Crippen LogP contribution in [0.1, 0.15) is 51.4 Å². The summed E-state index contributed by atoms with van der Waals surface area (Å²) in [6.07, 6.45) is 2.86. The van der Waals surface area contributed by atoms with Crippen molar-refractivity contribution in [1.29, 1.82) is 0 Å². The second-order valence-electron chi connectivity index (χ2n) is 10.9. The van der Waals surface area contributed by atoms with E-state index < -0.39 is 19.0 Å². The van der Waals surface area contributed by atoms with Crippen LogP contribution in [0.3, 0.4) is 0 Å². The molecule has 4 nitrogen and oxygen atoms in total. The molecular formula is C31H40FN2O2P. The Morgan fingerprint density at radius 2 is 1.59 bits per heavy atom. The van der Waals surface area contributed by atoms with Crippen molar-refractivity contribution in [2.75, 3.05) is 24.3 Å². The molecule has 1 N–H and O–H groups in total. The van der Waals surface area contributed by atoms with Crippen molar-refractivity contribution < 1.29 is 13.5 Å². The van der Waals surface area contributed by atoms with E-state index >= 15 is 8.96 Å². The van der Waals surface area contributed by atoms with Crippen LogP contribution < -0.4 is 15.5 Å². The first kappa shape index (κ1) is 27.4. The van der Waals surface area contributed by atoms with E-state index in [2.05, 4.69) is 26.1 Å². The topological polar surface area (TPSA) is 41.6 Å². The Balaban J connectivity index is 1.86. The Kier molecular flexibility index (Phi) is 8.77. The first-order chi connectivity index (χ1) is 17.7. The number of nitrogens with zero attached hydrogens (tertiary/aromatic N) is 1. The van der Waals surface area contributed by atoms with E-state index in [-0.39, 0.29) is 6.10 Å². The Labute approximate surface area is 221 Å². The predicted octanol–water partition coefficient (Wildman–Crippen LogP) is 8.08. The van der Waals surface area contributed by atoms with Crippen LogP contribution in [-0.2, 0) is 9.09 Å². The summed E-state index contributed by atoms with van der Waals surface area (Å²) in [7, 11) is 0.258. The molecule has 37 heavy (non-hydrogen) atoms. The Hall–Kier alpha value is -2.62. The van der Waals surface area contributed by atoms with Crippen LogP contribution in [0.2, 0.25) is 0 Å². The molecule has 0 radical (unpaired) electrons. The van der Waals surface area contributed by atoms with Crippen LogP contribution in [0.25, 0.3) is 0 Å². The van der Waals surface area contributed by atoms with E-state index in [1.165, 1.54) is 6.07 Å². The number of para-hydroxylation sites is 1. The summed E-state index contributed by atoms with van der Waals surface area (Å²) >= 11 is 0. The van der Waals surface area contributed by atoms with Crippen molar-refractivity contribution in [3.8, 4) is 0 Å². The molecule has 3 aromatic rings. The molecule has 1 aliphatic carbocycles. The molecule has 0 aromatic heterocycles. The monoisotopic (exact) mass is 522 g/mol. The van der Waals surface area contributed by atoms with Gasteiger partial charge < -0.3 is 14.7 Å². The zero-order valence-corrected chi connectivity index (χ0v) is 23.5. The minimum atomic E-state index is -3.69. The standard InChI is InChI=1S/C31H40FN2O2P/c1-22(2)27-20-15-23(3)21-30(27)36-37(35,26-18-16-25(17-19-26)34(4)5)31(28-13-9-10-14-29(28)32)33-24-11-7-6-8-12-24/h6-14,16-19,22-23,27,30-31,33H,15,20-21H2,1-5H3/t23-,27+,30+,31-,37+/m0/s1. The van der Waals surface area contributed by atoms with Crippen LogP contribution in [0, 0.1) is 23.6 Å². The lowest BCUT2D eigenvalue weighted by atomic mass is 9.75. The molecule has 198 valence electrons. The smallest absolute Gasteiger partial charge is 0.258 e. The first-order valence-electron chi connectivity index (χ1n) is 13.3. The lowest BCUT2D eigenvalue weighted by molar-refractivity contribution is 0.0488. The van der Waals surface area contributed by atoms with E-state index in [0.29, 0.717) is 28.6 Å². The molecule has 0 heterocycles. The molecular weight excluding hydrogens is 482 g/mol. The Morgan fingerprint density at radius 3 is 2.22 bits per heavy atom. The fraction of sp³-hybridized carbons (Fsp3) is 0.419. The third-order valence-corrected chi connectivity index (χ3v) is 10.3. The number of hydrogen-bond donors (Lipinski definition) is 1. The summed E-state index contributed by atoms with van der Waals surface area (Å²) < 4.78 is 37.7. The molecule has 0 amide bonds. The fourth-order valence-corrected chi connectivity index (χ4v) is 8.05. The summed E-state index contributed by atoms with van der Waals surface area (Å²) in [5.41, 5.74) is 2.11. The normalized spacial score (nSPS) is 22.3. The maximum Gasteiger partial charge on any atom is 0.258 e. The largest absolute Gasteiger partial charge is 0.378 e. The van der Waals surface area contributed by atoms with Gasteiger partial charge in [0.05, 0.1) is 6.10 Å². The highest BCUT2D eigenvalue weighted by atomic mass is 31.2. The average molecular weight is 523 g/mol. The molecule has 0 saturated heterocycles. The molecule has 0 unspecified atom stereocenters. The predicted molar refractivity (Wildman–Crippen MR) is 153 cm³/mol. The van der Waals surface area contributed by atoms with Gasteiger partial charge in [-0.15, -0.1) is 0 Å². The summed E-state index contributed by atoms with van der Waals surface area (Å²) in [6.45, 7) is 6.66. The van der Waals surface area contributed by atoms with Gasteiger partial charge in [-0.3, -0.25) is 4.57 Å². The van der Waals surface area contributed by atoms with Crippen molar-refractivity contribution in [3.05, 3.63) is 90.2 Å². The van der Waals surface area contributed by atoms with Crippen molar-refractivity contribution >= 4 is 24.0 Å². The van der Waals surface area contributed by atoms with Crippen LogP contribution >= 0.6 is 7.37 Å². The molecule has 4 rings (SSSR count). The second kappa shape index (κ2) is 11.8. The highest BCUT2D eigenvalue weighted by Gasteiger charge is 2.44. The molecule has 1 aliphatic rings. The zero-order valence-electron chi connectivity index (χ0n) is 22.6. The summed E-state index contributed by atoms with van der Waals surface area (Å²) in [5, 5.41) is 4.01. The van der Waals surface area contributed by atoms with E-state index in [0.717, 1.165) is 30.6 Å². The van der Waals surface area contributed by atoms with E-state index in [1.807, 2.05) is 73.6 Å². The SMILES string of the molecule is CC(C)[C@H]1CC[C@H](C)C[C@H]1O[P@](=O)(c1ccc(N(C)C)cc1)[C@H](Nc1ccccc1)c1ccccc1F. The highest BCUT2D eigenvalue weighted by molar-refractivity contribution is 7.67. The lowest BCUT2D eigenvalue weighted by Gasteiger charge is -2.41. The molecule has 0 bridgehead atoms. The van der Waals surface area contributed by atoms with Crippen molar-refractivity contribution in [2.24, 2.45) is 17.8 Å². The van der Waals surface area contributed by atoms with Crippen molar-refractivity contribution in [1.82, 2.24) is 0 Å². The number of rotatable bonds is 9. The van der Waals surface area contributed by atoms with Gasteiger partial charge in [-0.2, -0.15) is 0 Å². The number of anilines is 2. The minimum absolute atomic E-state index is 0.171. The summed E-state index contributed by atoms with van der Waals surface area (Å²) in [5.74, 6) is -0.105. The van der Waals surface area contributed by atoms with Gasteiger partial charge in [-0.25, -0.2) is 4.39 Å². The molecule has 6 heteroatoms. The lowest BCUT2D eigenvalue weighted by Crippen LogP contribution is -2.36. The third-order valence-electron chi connectivity index (χ3n) is 7.60. The van der Waals surface area contributed by atoms with E-state index in [4.69, 9.17) is 4.52 Å². The molecule has 1 saturated carbocycles. The maximum absolute atomic E-state index is 15.4. The fourth-order valence-electron chi connectivity index (χ4n) is 5.40. The average Bonchev–Trinajstić information content (AvgIpc) is 2.88. The van der Waals surface area contributed by atoms with Gasteiger partial charge in [-0.05, 0) is 73.1 Å². The number of nitrogens with one attached hydrogen (secondary N) is 1. The van der Waals surface area contributed by atoms with Gasteiger partial charge in [0.25, 0.3) is 7.37 Å². The summed E-state index contributed by atoms with van der Waals surface area (Å²) in [4.78, 5) is 2.00. The number of hydrogen-bond acceptors (Lipinski definition) is 4. The van der Waals surface area contributed by atoms with Gasteiger partial charge in [0.15, 0.2) is 0 Å². The summed E-state index contributed by atoms with van der Waals surface area (Å²) in [6, 6.07) is 23.8. The first-order valence-corrected chi connectivity index (χ1v) is 15.0. The zero-order chi connectivity index (χ0) is 26.6. The quantitative estimate of drug-likeness (QED) is 0.289.